The highest BCUT2D eigenvalue weighted by atomic mass is 16.2. The molecule has 104 valence electrons. The molecule has 1 saturated heterocycles. The first kappa shape index (κ1) is 13.8. The highest BCUT2D eigenvalue weighted by molar-refractivity contribution is 5.82. The summed E-state index contributed by atoms with van der Waals surface area (Å²) in [6, 6.07) is 0.386. The molecule has 2 rings (SSSR count). The molecule has 0 bridgehead atoms. The van der Waals surface area contributed by atoms with Gasteiger partial charge in [-0.3, -0.25) is 9.69 Å². The predicted octanol–water partition coefficient (Wildman–Crippen LogP) is 1.25. The average Bonchev–Trinajstić information content (AvgIpc) is 2.46. The van der Waals surface area contributed by atoms with Crippen LogP contribution in [0.5, 0.6) is 0 Å². The molecule has 0 spiro atoms. The van der Waals surface area contributed by atoms with Gasteiger partial charge in [0.05, 0.1) is 0 Å². The van der Waals surface area contributed by atoms with Gasteiger partial charge in [-0.1, -0.05) is 19.3 Å². The Labute approximate surface area is 110 Å². The zero-order valence-electron chi connectivity index (χ0n) is 11.7. The molecule has 1 aliphatic carbocycles. The van der Waals surface area contributed by atoms with Crippen molar-refractivity contribution in [1.82, 2.24) is 10.2 Å². The van der Waals surface area contributed by atoms with E-state index in [0.717, 1.165) is 13.0 Å². The number of hydrogen-bond donors (Lipinski definition) is 2. The van der Waals surface area contributed by atoms with E-state index in [1.54, 1.807) is 0 Å². The number of nitrogens with zero attached hydrogens (tertiary/aromatic N) is 1. The van der Waals surface area contributed by atoms with Crippen molar-refractivity contribution in [3.63, 3.8) is 0 Å². The fraction of sp³-hybridized carbons (Fsp3) is 0.929. The van der Waals surface area contributed by atoms with Gasteiger partial charge in [0, 0.05) is 24.7 Å². The summed E-state index contributed by atoms with van der Waals surface area (Å²) in [5.74, 6) is 0.119. The van der Waals surface area contributed by atoms with E-state index in [2.05, 4.69) is 24.1 Å². The maximum Gasteiger partial charge on any atom is 0.238 e. The standard InChI is InChI=1S/C14H27N3O/c1-14(2)8-9-16-13(18)12(10-15)17(14)11-6-4-3-5-7-11/h11-12H,3-10,15H2,1-2H3,(H,16,18). The lowest BCUT2D eigenvalue weighted by Crippen LogP contribution is -2.59. The second-order valence-corrected chi connectivity index (χ2v) is 6.30. The first-order valence-corrected chi connectivity index (χ1v) is 7.32. The van der Waals surface area contributed by atoms with Gasteiger partial charge in [-0.05, 0) is 33.1 Å². The molecule has 1 aliphatic heterocycles. The van der Waals surface area contributed by atoms with Crippen LogP contribution in [0.3, 0.4) is 0 Å². The molecular weight excluding hydrogens is 226 g/mol. The number of nitrogens with two attached hydrogens (primary N) is 1. The van der Waals surface area contributed by atoms with Crippen LogP contribution in [0.4, 0.5) is 0 Å². The topological polar surface area (TPSA) is 58.4 Å². The molecule has 1 saturated carbocycles. The lowest BCUT2D eigenvalue weighted by atomic mass is 9.87. The number of carbonyl (C=O) groups excluding carboxylic acids is 1. The van der Waals surface area contributed by atoms with Gasteiger partial charge in [-0.25, -0.2) is 0 Å². The zero-order valence-corrected chi connectivity index (χ0v) is 11.7. The summed E-state index contributed by atoms with van der Waals surface area (Å²) in [6.07, 6.45) is 7.35. The van der Waals surface area contributed by atoms with E-state index in [0.29, 0.717) is 12.6 Å². The van der Waals surface area contributed by atoms with Gasteiger partial charge in [0.25, 0.3) is 0 Å². The minimum Gasteiger partial charge on any atom is -0.355 e. The molecule has 1 amide bonds. The van der Waals surface area contributed by atoms with E-state index >= 15 is 0 Å². The summed E-state index contributed by atoms with van der Waals surface area (Å²) >= 11 is 0. The summed E-state index contributed by atoms with van der Waals surface area (Å²) < 4.78 is 0. The minimum atomic E-state index is -0.148. The van der Waals surface area contributed by atoms with Crippen molar-refractivity contribution >= 4 is 5.91 Å². The maximum absolute atomic E-state index is 12.2. The van der Waals surface area contributed by atoms with Crippen LogP contribution < -0.4 is 11.1 Å². The lowest BCUT2D eigenvalue weighted by molar-refractivity contribution is -0.128. The van der Waals surface area contributed by atoms with Gasteiger partial charge in [0.1, 0.15) is 6.04 Å². The van der Waals surface area contributed by atoms with E-state index in [-0.39, 0.29) is 17.5 Å². The average molecular weight is 253 g/mol. The number of nitrogens with one attached hydrogen (secondary N) is 1. The number of carbonyl (C=O) groups is 1. The van der Waals surface area contributed by atoms with Gasteiger partial charge in [0.15, 0.2) is 0 Å². The van der Waals surface area contributed by atoms with E-state index in [1.165, 1.54) is 32.1 Å². The van der Waals surface area contributed by atoms with Gasteiger partial charge in [0.2, 0.25) is 5.91 Å². The Morgan fingerprint density at radius 2 is 2.00 bits per heavy atom. The van der Waals surface area contributed by atoms with Crippen LogP contribution in [0, 0.1) is 0 Å². The summed E-state index contributed by atoms with van der Waals surface area (Å²) in [4.78, 5) is 14.6. The van der Waals surface area contributed by atoms with Gasteiger partial charge >= 0.3 is 0 Å². The normalized spacial score (nSPS) is 30.8. The van der Waals surface area contributed by atoms with Crippen molar-refractivity contribution in [2.24, 2.45) is 5.73 Å². The second-order valence-electron chi connectivity index (χ2n) is 6.30. The first-order valence-electron chi connectivity index (χ1n) is 7.32. The lowest BCUT2D eigenvalue weighted by Gasteiger charge is -2.47. The highest BCUT2D eigenvalue weighted by Gasteiger charge is 2.42. The second kappa shape index (κ2) is 5.57. The summed E-state index contributed by atoms with van der Waals surface area (Å²) in [6.45, 7) is 5.70. The highest BCUT2D eigenvalue weighted by Crippen LogP contribution is 2.32. The summed E-state index contributed by atoms with van der Waals surface area (Å²) in [5, 5.41) is 3.01. The van der Waals surface area contributed by atoms with Crippen molar-refractivity contribution < 1.29 is 4.79 Å². The van der Waals surface area contributed by atoms with Crippen LogP contribution in [0.2, 0.25) is 0 Å². The predicted molar refractivity (Wildman–Crippen MR) is 73.3 cm³/mol. The van der Waals surface area contributed by atoms with E-state index in [9.17, 15) is 4.79 Å². The van der Waals surface area contributed by atoms with Crippen LogP contribution in [-0.4, -0.2) is 41.5 Å². The molecule has 3 N–H and O–H groups in total. The zero-order chi connectivity index (χ0) is 13.2. The quantitative estimate of drug-likeness (QED) is 0.778. The number of rotatable bonds is 2. The van der Waals surface area contributed by atoms with E-state index in [4.69, 9.17) is 5.73 Å². The van der Waals surface area contributed by atoms with Gasteiger partial charge in [-0.2, -0.15) is 0 Å². The van der Waals surface area contributed by atoms with Crippen LogP contribution in [0.25, 0.3) is 0 Å². The van der Waals surface area contributed by atoms with Gasteiger partial charge < -0.3 is 11.1 Å². The third kappa shape index (κ3) is 2.69. The van der Waals surface area contributed by atoms with Crippen molar-refractivity contribution in [2.45, 2.75) is 70.0 Å². The molecule has 1 heterocycles. The molecule has 18 heavy (non-hydrogen) atoms. The molecular formula is C14H27N3O. The molecule has 0 aromatic carbocycles. The largest absolute Gasteiger partial charge is 0.355 e. The Balaban J connectivity index is 2.24. The fourth-order valence-corrected chi connectivity index (χ4v) is 3.62. The molecule has 2 fully saturated rings. The van der Waals surface area contributed by atoms with Crippen molar-refractivity contribution in [2.75, 3.05) is 13.1 Å². The Kier molecular flexibility index (Phi) is 4.28. The molecule has 0 aromatic heterocycles. The minimum absolute atomic E-state index is 0.0607. The van der Waals surface area contributed by atoms with Crippen molar-refractivity contribution in [3.05, 3.63) is 0 Å². The fourth-order valence-electron chi connectivity index (χ4n) is 3.62. The smallest absolute Gasteiger partial charge is 0.238 e. The molecule has 1 atom stereocenters. The Bertz CT molecular complexity index is 297. The number of hydrogen-bond acceptors (Lipinski definition) is 3. The Morgan fingerprint density at radius 1 is 1.33 bits per heavy atom. The van der Waals surface area contributed by atoms with E-state index in [1.807, 2.05) is 0 Å². The molecule has 4 heteroatoms. The maximum atomic E-state index is 12.2. The Morgan fingerprint density at radius 3 is 2.61 bits per heavy atom. The number of amides is 1. The van der Waals surface area contributed by atoms with Crippen molar-refractivity contribution in [1.29, 1.82) is 0 Å². The van der Waals surface area contributed by atoms with E-state index < -0.39 is 0 Å². The molecule has 0 radical (unpaired) electrons. The van der Waals surface area contributed by atoms with Crippen LogP contribution >= 0.6 is 0 Å². The first-order chi connectivity index (χ1) is 8.56. The third-order valence-electron chi connectivity index (χ3n) is 4.56. The third-order valence-corrected chi connectivity index (χ3v) is 4.56. The molecule has 2 aliphatic rings. The van der Waals surface area contributed by atoms with Crippen LogP contribution in [0.1, 0.15) is 52.4 Å². The monoisotopic (exact) mass is 253 g/mol. The molecule has 4 nitrogen and oxygen atoms in total. The SMILES string of the molecule is CC1(C)CCNC(=O)C(CN)N1C1CCCCC1. The summed E-state index contributed by atoms with van der Waals surface area (Å²) in [5.41, 5.74) is 5.94. The molecule has 0 aromatic rings. The van der Waals surface area contributed by atoms with Gasteiger partial charge in [-0.15, -0.1) is 0 Å². The van der Waals surface area contributed by atoms with Crippen molar-refractivity contribution in [3.8, 4) is 0 Å². The Hall–Kier alpha value is -0.610. The molecule has 1 unspecified atom stereocenters. The summed E-state index contributed by atoms with van der Waals surface area (Å²) in [7, 11) is 0. The van der Waals surface area contributed by atoms with Crippen LogP contribution in [0.15, 0.2) is 0 Å². The van der Waals surface area contributed by atoms with Crippen LogP contribution in [-0.2, 0) is 4.79 Å².